The van der Waals surface area contributed by atoms with Crippen molar-refractivity contribution >= 4 is 21.6 Å². The summed E-state index contributed by atoms with van der Waals surface area (Å²) >= 11 is 5.47. The van der Waals surface area contributed by atoms with Gasteiger partial charge in [-0.15, -0.1) is 0 Å². The van der Waals surface area contributed by atoms with Gasteiger partial charge in [-0.1, -0.05) is 11.6 Å². The largest absolute Gasteiger partial charge is 0.417 e. The summed E-state index contributed by atoms with van der Waals surface area (Å²) in [4.78, 5) is -0.833. The van der Waals surface area contributed by atoms with Gasteiger partial charge in [0.1, 0.15) is 0 Å². The van der Waals surface area contributed by atoms with Gasteiger partial charge in [0.25, 0.3) is 0 Å². The lowest BCUT2D eigenvalue weighted by Gasteiger charge is -2.14. The summed E-state index contributed by atoms with van der Waals surface area (Å²) in [6.07, 6.45) is -4.79. The van der Waals surface area contributed by atoms with Crippen LogP contribution in [0.15, 0.2) is 23.1 Å². The van der Waals surface area contributed by atoms with Crippen LogP contribution in [0.3, 0.4) is 0 Å². The Morgan fingerprint density at radius 2 is 1.89 bits per heavy atom. The summed E-state index contributed by atoms with van der Waals surface area (Å²) in [5.74, 6) is 0. The van der Waals surface area contributed by atoms with Crippen molar-refractivity contribution in [3.63, 3.8) is 0 Å². The van der Waals surface area contributed by atoms with Crippen LogP contribution in [0.1, 0.15) is 5.56 Å². The predicted molar refractivity (Wildman–Crippen MR) is 65.6 cm³/mol. The highest BCUT2D eigenvalue weighted by Crippen LogP contribution is 2.35. The third-order valence-electron chi connectivity index (χ3n) is 2.20. The molecule has 0 saturated heterocycles. The maximum Gasteiger partial charge on any atom is 0.417 e. The molecule has 4 nitrogen and oxygen atoms in total. The molecule has 0 atom stereocenters. The molecule has 0 aliphatic heterocycles. The highest BCUT2D eigenvalue weighted by Gasteiger charge is 2.37. The van der Waals surface area contributed by atoms with Crippen LogP contribution in [-0.4, -0.2) is 28.6 Å². The second-order valence-corrected chi connectivity index (χ2v) is 5.81. The minimum Gasteiger partial charge on any atom is -0.318 e. The number of nitrogens with one attached hydrogen (secondary N) is 2. The summed E-state index contributed by atoms with van der Waals surface area (Å²) in [5.41, 5.74) is -1.28. The first-order chi connectivity index (χ1) is 8.68. The summed E-state index contributed by atoms with van der Waals surface area (Å²) in [7, 11) is -2.64. The Balaban J connectivity index is 3.19. The first-order valence-corrected chi connectivity index (χ1v) is 7.05. The molecule has 0 saturated carbocycles. The molecule has 0 fully saturated rings. The zero-order valence-electron chi connectivity index (χ0n) is 9.88. The third kappa shape index (κ3) is 4.34. The average Bonchev–Trinajstić information content (AvgIpc) is 2.27. The lowest BCUT2D eigenvalue weighted by atomic mass is 10.2. The summed E-state index contributed by atoms with van der Waals surface area (Å²) in [5, 5.41) is 2.50. The van der Waals surface area contributed by atoms with Crippen molar-refractivity contribution in [2.24, 2.45) is 0 Å². The van der Waals surface area contributed by atoms with E-state index in [1.54, 1.807) is 7.05 Å². The van der Waals surface area contributed by atoms with Crippen LogP contribution in [-0.2, 0) is 16.2 Å². The maximum atomic E-state index is 12.8. The first-order valence-electron chi connectivity index (χ1n) is 5.19. The van der Waals surface area contributed by atoms with Crippen LogP contribution in [0.4, 0.5) is 13.2 Å². The molecule has 108 valence electrons. The molecule has 0 aliphatic carbocycles. The van der Waals surface area contributed by atoms with Crippen molar-refractivity contribution in [2.75, 3.05) is 20.1 Å². The van der Waals surface area contributed by atoms with Crippen LogP contribution < -0.4 is 10.0 Å². The van der Waals surface area contributed by atoms with Crippen molar-refractivity contribution < 1.29 is 21.6 Å². The van der Waals surface area contributed by atoms with Gasteiger partial charge in [0.05, 0.1) is 10.5 Å². The first kappa shape index (κ1) is 16.2. The van der Waals surface area contributed by atoms with E-state index in [0.717, 1.165) is 12.1 Å². The minimum absolute atomic E-state index is 0.0151. The zero-order chi connectivity index (χ0) is 14.7. The van der Waals surface area contributed by atoms with E-state index in [1.807, 2.05) is 0 Å². The molecule has 0 amide bonds. The Bertz CT molecular complexity index is 546. The number of sulfonamides is 1. The van der Waals surface area contributed by atoms with Crippen LogP contribution in [0.2, 0.25) is 5.02 Å². The van der Waals surface area contributed by atoms with E-state index in [1.165, 1.54) is 0 Å². The fourth-order valence-corrected chi connectivity index (χ4v) is 2.76. The van der Waals surface area contributed by atoms with E-state index in [4.69, 9.17) is 11.6 Å². The van der Waals surface area contributed by atoms with Crippen molar-refractivity contribution in [1.82, 2.24) is 10.0 Å². The number of rotatable bonds is 5. The Kier molecular flexibility index (Phi) is 5.19. The van der Waals surface area contributed by atoms with Crippen LogP contribution in [0.25, 0.3) is 0 Å². The fourth-order valence-electron chi connectivity index (χ4n) is 1.35. The van der Waals surface area contributed by atoms with E-state index in [2.05, 4.69) is 10.0 Å². The Morgan fingerprint density at radius 1 is 1.26 bits per heavy atom. The molecule has 0 unspecified atom stereocenters. The molecule has 1 rings (SSSR count). The molecule has 0 heterocycles. The lowest BCUT2D eigenvalue weighted by molar-refractivity contribution is -0.139. The monoisotopic (exact) mass is 316 g/mol. The molecule has 1 aromatic carbocycles. The highest BCUT2D eigenvalue weighted by molar-refractivity contribution is 7.89. The Labute approximate surface area is 114 Å². The maximum absolute atomic E-state index is 12.8. The molecule has 0 aliphatic rings. The number of halogens is 4. The van der Waals surface area contributed by atoms with E-state index in [-0.39, 0.29) is 11.6 Å². The minimum atomic E-state index is -4.79. The Hall–Kier alpha value is -0.830. The Morgan fingerprint density at radius 3 is 2.42 bits per heavy atom. The molecule has 0 aromatic heterocycles. The number of hydrogen-bond acceptors (Lipinski definition) is 3. The fraction of sp³-hybridized carbons (Fsp3) is 0.400. The molecule has 2 N–H and O–H groups in total. The van der Waals surface area contributed by atoms with Crippen molar-refractivity contribution in [1.29, 1.82) is 0 Å². The zero-order valence-corrected chi connectivity index (χ0v) is 11.5. The number of alkyl halides is 3. The van der Waals surface area contributed by atoms with Gasteiger partial charge in [0.15, 0.2) is 0 Å². The van der Waals surface area contributed by atoms with Gasteiger partial charge in [0.2, 0.25) is 10.0 Å². The lowest BCUT2D eigenvalue weighted by Crippen LogP contribution is -2.31. The normalized spacial score (nSPS) is 12.7. The number of likely N-dealkylation sites (N-methyl/N-ethyl adjacent to an activating group) is 1. The van der Waals surface area contributed by atoms with Crippen molar-refractivity contribution in [3.05, 3.63) is 28.8 Å². The van der Waals surface area contributed by atoms with Gasteiger partial charge in [-0.3, -0.25) is 0 Å². The van der Waals surface area contributed by atoms with Crippen molar-refractivity contribution in [3.8, 4) is 0 Å². The SMILES string of the molecule is CNCCNS(=O)(=O)c1ccc(Cl)cc1C(F)(F)F. The van der Waals surface area contributed by atoms with Crippen molar-refractivity contribution in [2.45, 2.75) is 11.1 Å². The molecule has 0 spiro atoms. The van der Waals surface area contributed by atoms with E-state index in [0.29, 0.717) is 12.6 Å². The second-order valence-electron chi connectivity index (χ2n) is 3.64. The highest BCUT2D eigenvalue weighted by atomic mass is 35.5. The number of benzene rings is 1. The quantitative estimate of drug-likeness (QED) is 0.815. The topological polar surface area (TPSA) is 58.2 Å². The summed E-state index contributed by atoms with van der Waals surface area (Å²) in [6, 6.07) is 2.53. The van der Waals surface area contributed by atoms with Gasteiger partial charge < -0.3 is 5.32 Å². The number of hydrogen-bond donors (Lipinski definition) is 2. The van der Waals surface area contributed by atoms with Gasteiger partial charge in [-0.05, 0) is 25.2 Å². The van der Waals surface area contributed by atoms with Crippen LogP contribution >= 0.6 is 11.6 Å². The molecule has 1 aromatic rings. The van der Waals surface area contributed by atoms with Gasteiger partial charge in [-0.25, -0.2) is 13.1 Å². The standard InChI is InChI=1S/C10H12ClF3N2O2S/c1-15-4-5-16-19(17,18)9-3-2-7(11)6-8(9)10(12,13)14/h2-3,6,15-16H,4-5H2,1H3. The molecule has 0 bridgehead atoms. The summed E-state index contributed by atoms with van der Waals surface area (Å²) < 4.78 is 64.0. The molecule has 9 heteroatoms. The van der Waals surface area contributed by atoms with E-state index >= 15 is 0 Å². The smallest absolute Gasteiger partial charge is 0.318 e. The van der Waals surface area contributed by atoms with Gasteiger partial charge in [-0.2, -0.15) is 13.2 Å². The van der Waals surface area contributed by atoms with Gasteiger partial charge in [0, 0.05) is 18.1 Å². The molecular formula is C10H12ClF3N2O2S. The van der Waals surface area contributed by atoms with Crippen LogP contribution in [0, 0.1) is 0 Å². The second kappa shape index (κ2) is 6.08. The average molecular weight is 317 g/mol. The van der Waals surface area contributed by atoms with Gasteiger partial charge >= 0.3 is 6.18 Å². The molecule has 19 heavy (non-hydrogen) atoms. The summed E-state index contributed by atoms with van der Waals surface area (Å²) in [6.45, 7) is 0.285. The molecule has 0 radical (unpaired) electrons. The predicted octanol–water partition coefficient (Wildman–Crippen LogP) is 1.86. The van der Waals surface area contributed by atoms with E-state index in [9.17, 15) is 21.6 Å². The third-order valence-corrected chi connectivity index (χ3v) is 3.96. The molecular weight excluding hydrogens is 305 g/mol. The van der Waals surface area contributed by atoms with Crippen LogP contribution in [0.5, 0.6) is 0 Å². The van der Waals surface area contributed by atoms with E-state index < -0.39 is 26.7 Å².